The summed E-state index contributed by atoms with van der Waals surface area (Å²) in [5.41, 5.74) is 0.429. The lowest BCUT2D eigenvalue weighted by molar-refractivity contribution is -0.119. The van der Waals surface area contributed by atoms with E-state index in [0.29, 0.717) is 23.0 Å². The number of methoxy groups -OCH3 is 1. The highest BCUT2D eigenvalue weighted by molar-refractivity contribution is 7.22. The van der Waals surface area contributed by atoms with Crippen LogP contribution in [0.1, 0.15) is 17.3 Å². The molecule has 0 bridgehead atoms. The van der Waals surface area contributed by atoms with E-state index in [1.165, 1.54) is 30.6 Å². The normalized spacial score (nSPS) is 10.5. The van der Waals surface area contributed by atoms with Crippen molar-refractivity contribution in [2.24, 2.45) is 0 Å². The fraction of sp³-hybridized carbons (Fsp3) is 0.211. The monoisotopic (exact) mass is 404 g/mol. The van der Waals surface area contributed by atoms with Crippen LogP contribution in [-0.4, -0.2) is 37.2 Å². The molecule has 0 unspecified atom stereocenters. The maximum atomic E-state index is 13.9. The lowest BCUT2D eigenvalue weighted by Crippen LogP contribution is -2.21. The van der Waals surface area contributed by atoms with Gasteiger partial charge in [-0.25, -0.2) is 14.2 Å². The van der Waals surface area contributed by atoms with E-state index in [4.69, 9.17) is 14.2 Å². The second-order valence-corrected chi connectivity index (χ2v) is 6.58. The van der Waals surface area contributed by atoms with Gasteiger partial charge in [0.05, 0.1) is 29.5 Å². The van der Waals surface area contributed by atoms with Crippen LogP contribution in [0.3, 0.4) is 0 Å². The summed E-state index contributed by atoms with van der Waals surface area (Å²) in [5, 5.41) is 2.92. The number of hydrogen-bond acceptors (Lipinski definition) is 7. The fourth-order valence-corrected chi connectivity index (χ4v) is 3.28. The molecule has 3 aromatic rings. The molecule has 1 heterocycles. The molecule has 0 aliphatic carbocycles. The minimum absolute atomic E-state index is 0.273. The topological polar surface area (TPSA) is 86.8 Å². The van der Waals surface area contributed by atoms with Crippen molar-refractivity contribution in [3.05, 3.63) is 47.8 Å². The number of carbonyl (C=O) groups excluding carboxylic acids is 2. The van der Waals surface area contributed by atoms with Crippen LogP contribution in [0.25, 0.3) is 10.2 Å². The minimum atomic E-state index is -0.944. The fourth-order valence-electron chi connectivity index (χ4n) is 2.37. The van der Waals surface area contributed by atoms with E-state index in [2.05, 4.69) is 10.3 Å². The van der Waals surface area contributed by atoms with Gasteiger partial charge >= 0.3 is 5.97 Å². The van der Waals surface area contributed by atoms with E-state index < -0.39 is 24.3 Å². The van der Waals surface area contributed by atoms with Crippen molar-refractivity contribution >= 4 is 38.6 Å². The number of halogens is 1. The van der Waals surface area contributed by atoms with Crippen LogP contribution >= 0.6 is 11.3 Å². The average molecular weight is 404 g/mol. The van der Waals surface area contributed by atoms with Gasteiger partial charge in [-0.3, -0.25) is 10.1 Å². The Morgan fingerprint density at radius 2 is 1.96 bits per heavy atom. The summed E-state index contributed by atoms with van der Waals surface area (Å²) in [6.07, 6.45) is 0. The van der Waals surface area contributed by atoms with Crippen molar-refractivity contribution in [1.82, 2.24) is 4.98 Å². The van der Waals surface area contributed by atoms with Crippen LogP contribution in [0.2, 0.25) is 0 Å². The zero-order valence-corrected chi connectivity index (χ0v) is 16.0. The molecule has 0 saturated carbocycles. The van der Waals surface area contributed by atoms with Crippen LogP contribution in [0.5, 0.6) is 11.5 Å². The molecule has 1 N–H and O–H groups in total. The van der Waals surface area contributed by atoms with Gasteiger partial charge in [-0.15, -0.1) is 0 Å². The molecule has 9 heteroatoms. The number of anilines is 1. The molecule has 1 aromatic heterocycles. The first-order valence-electron chi connectivity index (χ1n) is 8.34. The Morgan fingerprint density at radius 3 is 2.68 bits per heavy atom. The van der Waals surface area contributed by atoms with Crippen LogP contribution in [-0.2, 0) is 9.53 Å². The van der Waals surface area contributed by atoms with Crippen molar-refractivity contribution in [1.29, 1.82) is 0 Å². The number of esters is 1. The van der Waals surface area contributed by atoms with Gasteiger partial charge in [-0.05, 0) is 37.3 Å². The lowest BCUT2D eigenvalue weighted by atomic mass is 10.2. The molecule has 146 valence electrons. The highest BCUT2D eigenvalue weighted by atomic mass is 32.1. The summed E-state index contributed by atoms with van der Waals surface area (Å²) in [6.45, 7) is 1.88. The third-order valence-electron chi connectivity index (χ3n) is 3.65. The number of fused-ring (bicyclic) bond motifs is 1. The van der Waals surface area contributed by atoms with E-state index in [1.807, 2.05) is 13.0 Å². The molecular formula is C19H17FN2O5S. The third kappa shape index (κ3) is 4.55. The number of ether oxygens (including phenoxy) is 3. The molecule has 3 rings (SSSR count). The summed E-state index contributed by atoms with van der Waals surface area (Å²) in [7, 11) is 1.39. The van der Waals surface area contributed by atoms with Gasteiger partial charge in [0.15, 0.2) is 11.7 Å². The van der Waals surface area contributed by atoms with Crippen LogP contribution < -0.4 is 14.8 Å². The largest absolute Gasteiger partial charge is 0.497 e. The lowest BCUT2D eigenvalue weighted by Gasteiger charge is -2.06. The van der Waals surface area contributed by atoms with Gasteiger partial charge in [-0.2, -0.15) is 0 Å². The number of thiazole rings is 1. The number of benzene rings is 2. The maximum absolute atomic E-state index is 13.9. The zero-order chi connectivity index (χ0) is 20.1. The first kappa shape index (κ1) is 19.6. The Kier molecular flexibility index (Phi) is 6.05. The maximum Gasteiger partial charge on any atom is 0.341 e. The molecule has 0 saturated heterocycles. The Balaban J connectivity index is 1.59. The van der Waals surface area contributed by atoms with E-state index in [0.717, 1.165) is 10.8 Å². The number of aromatic nitrogens is 1. The Bertz CT molecular complexity index is 1020. The van der Waals surface area contributed by atoms with Crippen LogP contribution in [0.15, 0.2) is 36.4 Å². The molecule has 28 heavy (non-hydrogen) atoms. The van der Waals surface area contributed by atoms with Gasteiger partial charge < -0.3 is 14.2 Å². The quantitative estimate of drug-likeness (QED) is 0.605. The SMILES string of the molecule is CCOc1ccc2nc(NC(=O)COC(=O)c3ccc(OC)cc3F)sc2c1. The average Bonchev–Trinajstić information content (AvgIpc) is 3.07. The van der Waals surface area contributed by atoms with E-state index >= 15 is 0 Å². The Hall–Kier alpha value is -3.20. The number of nitrogens with one attached hydrogen (secondary N) is 1. The Morgan fingerprint density at radius 1 is 1.18 bits per heavy atom. The summed E-state index contributed by atoms with van der Waals surface area (Å²) in [6, 6.07) is 9.14. The van der Waals surface area contributed by atoms with Crippen molar-refractivity contribution in [2.45, 2.75) is 6.92 Å². The molecule has 0 fully saturated rings. The van der Waals surface area contributed by atoms with Crippen molar-refractivity contribution in [2.75, 3.05) is 25.6 Å². The molecule has 2 aromatic carbocycles. The molecule has 1 amide bonds. The standard InChI is InChI=1S/C19H17FN2O5S/c1-3-26-12-5-7-15-16(9-12)28-19(21-15)22-17(23)10-27-18(24)13-6-4-11(25-2)8-14(13)20/h4-9H,3,10H2,1-2H3,(H,21,22,23). The number of carbonyl (C=O) groups is 2. The summed E-state index contributed by atoms with van der Waals surface area (Å²) in [4.78, 5) is 28.3. The van der Waals surface area contributed by atoms with E-state index in [1.54, 1.807) is 12.1 Å². The summed E-state index contributed by atoms with van der Waals surface area (Å²) in [5.74, 6) is -1.32. The molecule has 0 aliphatic rings. The molecule has 0 atom stereocenters. The van der Waals surface area contributed by atoms with Crippen molar-refractivity contribution in [3.8, 4) is 11.5 Å². The first-order valence-corrected chi connectivity index (χ1v) is 9.15. The number of nitrogens with zero attached hydrogens (tertiary/aromatic N) is 1. The number of hydrogen-bond donors (Lipinski definition) is 1. The summed E-state index contributed by atoms with van der Waals surface area (Å²) >= 11 is 1.27. The van der Waals surface area contributed by atoms with Gasteiger partial charge in [0.2, 0.25) is 0 Å². The van der Waals surface area contributed by atoms with Gasteiger partial charge in [-0.1, -0.05) is 11.3 Å². The second-order valence-electron chi connectivity index (χ2n) is 5.55. The molecular weight excluding hydrogens is 387 g/mol. The highest BCUT2D eigenvalue weighted by Crippen LogP contribution is 2.29. The van der Waals surface area contributed by atoms with Gasteiger partial charge in [0.25, 0.3) is 5.91 Å². The van der Waals surface area contributed by atoms with Crippen molar-refractivity contribution in [3.63, 3.8) is 0 Å². The summed E-state index contributed by atoms with van der Waals surface area (Å²) < 4.78 is 29.9. The molecule has 0 aliphatic heterocycles. The predicted octanol–water partition coefficient (Wildman–Crippen LogP) is 3.64. The molecule has 0 spiro atoms. The third-order valence-corrected chi connectivity index (χ3v) is 4.58. The number of rotatable bonds is 7. The number of amides is 1. The molecule has 0 radical (unpaired) electrons. The van der Waals surface area contributed by atoms with E-state index in [9.17, 15) is 14.0 Å². The minimum Gasteiger partial charge on any atom is -0.497 e. The van der Waals surface area contributed by atoms with E-state index in [-0.39, 0.29) is 11.3 Å². The first-order chi connectivity index (χ1) is 13.5. The van der Waals surface area contributed by atoms with Crippen LogP contribution in [0, 0.1) is 5.82 Å². The molecule has 7 nitrogen and oxygen atoms in total. The van der Waals surface area contributed by atoms with Crippen molar-refractivity contribution < 1.29 is 28.2 Å². The second kappa shape index (κ2) is 8.66. The predicted molar refractivity (Wildman–Crippen MR) is 103 cm³/mol. The Labute approximate surface area is 164 Å². The van der Waals surface area contributed by atoms with Gasteiger partial charge in [0.1, 0.15) is 17.3 Å². The zero-order valence-electron chi connectivity index (χ0n) is 15.2. The van der Waals surface area contributed by atoms with Gasteiger partial charge in [0, 0.05) is 6.07 Å². The smallest absolute Gasteiger partial charge is 0.341 e. The van der Waals surface area contributed by atoms with Crippen LogP contribution in [0.4, 0.5) is 9.52 Å². The highest BCUT2D eigenvalue weighted by Gasteiger charge is 2.16.